The fourth-order valence-corrected chi connectivity index (χ4v) is 2.11. The Morgan fingerprint density at radius 3 is 3.19 bits per heavy atom. The van der Waals surface area contributed by atoms with Crippen LogP contribution in [0, 0.1) is 5.92 Å². The highest BCUT2D eigenvalue weighted by molar-refractivity contribution is 5.37. The summed E-state index contributed by atoms with van der Waals surface area (Å²) in [4.78, 5) is 2.22. The smallest absolute Gasteiger partial charge is 0.151 e. The topological polar surface area (TPSA) is 64.3 Å². The molecule has 0 aliphatic carbocycles. The summed E-state index contributed by atoms with van der Waals surface area (Å²) in [5.74, 6) is 1.30. The van der Waals surface area contributed by atoms with Gasteiger partial charge in [-0.15, -0.1) is 5.10 Å². The molecule has 16 heavy (non-hydrogen) atoms. The summed E-state index contributed by atoms with van der Waals surface area (Å²) in [5, 5.41) is 8.01. The number of anilines is 1. The minimum atomic E-state index is 0.230. The van der Waals surface area contributed by atoms with Crippen molar-refractivity contribution in [2.24, 2.45) is 11.7 Å². The van der Waals surface area contributed by atoms with E-state index in [1.54, 1.807) is 13.3 Å². The molecule has 0 amide bonds. The van der Waals surface area contributed by atoms with Gasteiger partial charge in [0.2, 0.25) is 0 Å². The number of nitrogens with two attached hydrogens (primary N) is 1. The second kappa shape index (κ2) is 5.23. The predicted octanol–water partition coefficient (Wildman–Crippen LogP) is 0.277. The van der Waals surface area contributed by atoms with Crippen molar-refractivity contribution >= 4 is 5.82 Å². The third-order valence-electron chi connectivity index (χ3n) is 3.06. The molecule has 1 aliphatic heterocycles. The largest absolute Gasteiger partial charge is 0.384 e. The molecule has 0 aromatic carbocycles. The van der Waals surface area contributed by atoms with E-state index in [0.717, 1.165) is 25.3 Å². The van der Waals surface area contributed by atoms with Crippen LogP contribution in [0.4, 0.5) is 5.82 Å². The summed E-state index contributed by atoms with van der Waals surface area (Å²) in [6.45, 7) is 2.55. The molecule has 88 valence electrons. The van der Waals surface area contributed by atoms with E-state index in [0.29, 0.717) is 12.5 Å². The summed E-state index contributed by atoms with van der Waals surface area (Å²) in [6.07, 6.45) is 2.66. The van der Waals surface area contributed by atoms with Crippen LogP contribution >= 0.6 is 0 Å². The molecule has 1 aromatic rings. The number of hydrogen-bond donors (Lipinski definition) is 1. The quantitative estimate of drug-likeness (QED) is 0.795. The molecule has 2 unspecified atom stereocenters. The lowest BCUT2D eigenvalue weighted by molar-refractivity contribution is 0.132. The van der Waals surface area contributed by atoms with Gasteiger partial charge in [0.05, 0.1) is 6.61 Å². The lowest BCUT2D eigenvalue weighted by Crippen LogP contribution is -2.49. The Balaban J connectivity index is 2.03. The van der Waals surface area contributed by atoms with Gasteiger partial charge in [-0.25, -0.2) is 0 Å². The van der Waals surface area contributed by atoms with Gasteiger partial charge in [-0.3, -0.25) is 0 Å². The third-order valence-corrected chi connectivity index (χ3v) is 3.06. The normalized spacial score (nSPS) is 25.8. The molecule has 1 aromatic heterocycles. The van der Waals surface area contributed by atoms with E-state index >= 15 is 0 Å². The fraction of sp³-hybridized carbons (Fsp3) is 0.636. The second-order valence-electron chi connectivity index (χ2n) is 4.20. The first kappa shape index (κ1) is 11.3. The maximum atomic E-state index is 6.06. The standard InChI is InChI=1S/C11H18N4O/c1-16-8-9-7-15(6-4-10(9)12)11-3-2-5-13-14-11/h2-3,5,9-10H,4,6-8,12H2,1H3. The highest BCUT2D eigenvalue weighted by Crippen LogP contribution is 2.20. The molecule has 2 rings (SSSR count). The van der Waals surface area contributed by atoms with Crippen molar-refractivity contribution in [3.63, 3.8) is 0 Å². The van der Waals surface area contributed by atoms with Crippen molar-refractivity contribution in [2.45, 2.75) is 12.5 Å². The molecule has 5 heteroatoms. The van der Waals surface area contributed by atoms with Gasteiger partial charge in [-0.2, -0.15) is 5.10 Å². The molecule has 2 N–H and O–H groups in total. The fourth-order valence-electron chi connectivity index (χ4n) is 2.11. The van der Waals surface area contributed by atoms with Crippen molar-refractivity contribution in [2.75, 3.05) is 31.7 Å². The van der Waals surface area contributed by atoms with E-state index in [9.17, 15) is 0 Å². The molecule has 5 nitrogen and oxygen atoms in total. The zero-order valence-corrected chi connectivity index (χ0v) is 9.54. The Hall–Kier alpha value is -1.20. The number of hydrogen-bond acceptors (Lipinski definition) is 5. The van der Waals surface area contributed by atoms with Crippen LogP contribution in [0.2, 0.25) is 0 Å². The number of methoxy groups -OCH3 is 1. The highest BCUT2D eigenvalue weighted by atomic mass is 16.5. The average molecular weight is 222 g/mol. The van der Waals surface area contributed by atoms with Gasteiger partial charge < -0.3 is 15.4 Å². The zero-order chi connectivity index (χ0) is 11.4. The summed E-state index contributed by atoms with van der Waals surface area (Å²) in [6, 6.07) is 4.11. The maximum Gasteiger partial charge on any atom is 0.151 e. The number of aromatic nitrogens is 2. The molecule has 0 spiro atoms. The van der Waals surface area contributed by atoms with E-state index < -0.39 is 0 Å². The van der Waals surface area contributed by atoms with E-state index in [-0.39, 0.29) is 6.04 Å². The van der Waals surface area contributed by atoms with Crippen LogP contribution in [-0.4, -0.2) is 43.0 Å². The van der Waals surface area contributed by atoms with Crippen LogP contribution in [0.25, 0.3) is 0 Å². The van der Waals surface area contributed by atoms with Crippen molar-refractivity contribution < 1.29 is 4.74 Å². The van der Waals surface area contributed by atoms with Crippen LogP contribution in [-0.2, 0) is 4.74 Å². The minimum absolute atomic E-state index is 0.230. The molecule has 0 saturated carbocycles. The van der Waals surface area contributed by atoms with E-state index in [1.807, 2.05) is 12.1 Å². The second-order valence-corrected chi connectivity index (χ2v) is 4.20. The SMILES string of the molecule is COCC1CN(c2cccnn2)CCC1N. The summed E-state index contributed by atoms with van der Waals surface area (Å²) >= 11 is 0. The third kappa shape index (κ3) is 2.48. The molecule has 0 radical (unpaired) electrons. The summed E-state index contributed by atoms with van der Waals surface area (Å²) in [7, 11) is 1.72. The van der Waals surface area contributed by atoms with Gasteiger partial charge in [-0.1, -0.05) is 0 Å². The molecule has 1 fully saturated rings. The molecule has 2 heterocycles. The van der Waals surface area contributed by atoms with E-state index in [1.165, 1.54) is 0 Å². The lowest BCUT2D eigenvalue weighted by atomic mass is 9.93. The van der Waals surface area contributed by atoms with Crippen LogP contribution in [0.3, 0.4) is 0 Å². The van der Waals surface area contributed by atoms with E-state index in [4.69, 9.17) is 10.5 Å². The average Bonchev–Trinajstić information content (AvgIpc) is 2.33. The molecule has 2 atom stereocenters. The van der Waals surface area contributed by atoms with Gasteiger partial charge in [0.25, 0.3) is 0 Å². The molecule has 0 bridgehead atoms. The Kier molecular flexibility index (Phi) is 3.69. The summed E-state index contributed by atoms with van der Waals surface area (Å²) in [5.41, 5.74) is 6.06. The van der Waals surface area contributed by atoms with Gasteiger partial charge >= 0.3 is 0 Å². The van der Waals surface area contributed by atoms with Crippen LogP contribution in [0.1, 0.15) is 6.42 Å². The first-order chi connectivity index (χ1) is 7.81. The van der Waals surface area contributed by atoms with Gasteiger partial charge in [0, 0.05) is 38.4 Å². The molecule has 1 saturated heterocycles. The van der Waals surface area contributed by atoms with Crippen molar-refractivity contribution in [3.05, 3.63) is 18.3 Å². The van der Waals surface area contributed by atoms with Crippen molar-refractivity contribution in [3.8, 4) is 0 Å². The Morgan fingerprint density at radius 1 is 1.62 bits per heavy atom. The number of rotatable bonds is 3. The molecule has 1 aliphatic rings. The molecular formula is C11H18N4O. The summed E-state index contributed by atoms with van der Waals surface area (Å²) < 4.78 is 5.19. The van der Waals surface area contributed by atoms with E-state index in [2.05, 4.69) is 15.1 Å². The number of piperidine rings is 1. The minimum Gasteiger partial charge on any atom is -0.384 e. The first-order valence-corrected chi connectivity index (χ1v) is 5.58. The van der Waals surface area contributed by atoms with Crippen molar-refractivity contribution in [1.82, 2.24) is 10.2 Å². The van der Waals surface area contributed by atoms with Crippen LogP contribution in [0.5, 0.6) is 0 Å². The van der Waals surface area contributed by atoms with Gasteiger partial charge in [0.1, 0.15) is 0 Å². The number of nitrogens with zero attached hydrogens (tertiary/aromatic N) is 3. The van der Waals surface area contributed by atoms with Crippen LogP contribution < -0.4 is 10.6 Å². The number of ether oxygens (including phenoxy) is 1. The van der Waals surface area contributed by atoms with Crippen LogP contribution in [0.15, 0.2) is 18.3 Å². The monoisotopic (exact) mass is 222 g/mol. The van der Waals surface area contributed by atoms with Gasteiger partial charge in [0.15, 0.2) is 5.82 Å². The first-order valence-electron chi connectivity index (χ1n) is 5.58. The maximum absolute atomic E-state index is 6.06. The lowest BCUT2D eigenvalue weighted by Gasteiger charge is -2.36. The Morgan fingerprint density at radius 2 is 2.50 bits per heavy atom. The molecular weight excluding hydrogens is 204 g/mol. The van der Waals surface area contributed by atoms with Gasteiger partial charge in [-0.05, 0) is 18.6 Å². The highest BCUT2D eigenvalue weighted by Gasteiger charge is 2.27. The Labute approximate surface area is 95.6 Å². The van der Waals surface area contributed by atoms with Crippen molar-refractivity contribution in [1.29, 1.82) is 0 Å². The zero-order valence-electron chi connectivity index (χ0n) is 9.54. The Bertz CT molecular complexity index is 319. The predicted molar refractivity (Wildman–Crippen MR) is 62.2 cm³/mol.